The van der Waals surface area contributed by atoms with Gasteiger partial charge in [0.1, 0.15) is 34.9 Å². The van der Waals surface area contributed by atoms with Gasteiger partial charge in [-0.15, -0.1) is 0 Å². The number of rotatable bonds is 3. The summed E-state index contributed by atoms with van der Waals surface area (Å²) in [7, 11) is 0. The van der Waals surface area contributed by atoms with Crippen molar-refractivity contribution in [3.05, 3.63) is 77.4 Å². The average Bonchev–Trinajstić information content (AvgIpc) is 2.69. The first-order valence-electron chi connectivity index (χ1n) is 8.91. The molecule has 0 aromatic heterocycles. The summed E-state index contributed by atoms with van der Waals surface area (Å²) in [6.45, 7) is 0. The lowest BCUT2D eigenvalue weighted by atomic mass is 9.93. The normalized spacial score (nSPS) is 17.8. The molecule has 29 heavy (non-hydrogen) atoms. The highest BCUT2D eigenvalue weighted by atomic mass is 16.6. The molecule has 0 fully saturated rings. The quantitative estimate of drug-likeness (QED) is 0.503. The van der Waals surface area contributed by atoms with E-state index in [2.05, 4.69) is 0 Å². The van der Waals surface area contributed by atoms with Crippen LogP contribution in [0.4, 0.5) is 0 Å². The predicted octanol–water partition coefficient (Wildman–Crippen LogP) is 3.41. The van der Waals surface area contributed by atoms with Gasteiger partial charge in [-0.05, 0) is 42.0 Å². The van der Waals surface area contributed by atoms with E-state index >= 15 is 0 Å². The Kier molecular flexibility index (Phi) is 4.64. The second kappa shape index (κ2) is 7.27. The lowest BCUT2D eigenvalue weighted by Crippen LogP contribution is -2.34. The monoisotopic (exact) mass is 394 g/mol. The van der Waals surface area contributed by atoms with Crippen LogP contribution in [0, 0.1) is 0 Å². The van der Waals surface area contributed by atoms with E-state index in [4.69, 9.17) is 9.47 Å². The summed E-state index contributed by atoms with van der Waals surface area (Å²) in [6.07, 6.45) is -1.33. The van der Waals surface area contributed by atoms with Gasteiger partial charge in [-0.3, -0.25) is 0 Å². The van der Waals surface area contributed by atoms with Crippen LogP contribution in [-0.2, 0) is 11.2 Å². The van der Waals surface area contributed by atoms with Gasteiger partial charge >= 0.3 is 5.97 Å². The summed E-state index contributed by atoms with van der Waals surface area (Å²) in [5, 5.41) is 38.9. The van der Waals surface area contributed by atoms with Crippen LogP contribution in [0.5, 0.6) is 28.7 Å². The lowest BCUT2D eigenvalue weighted by Gasteiger charge is -2.34. The number of aromatic hydroxyl groups is 4. The molecule has 0 radical (unpaired) electrons. The van der Waals surface area contributed by atoms with Crippen LogP contribution in [0.15, 0.2) is 60.7 Å². The summed E-state index contributed by atoms with van der Waals surface area (Å²) in [5.41, 5.74) is 1.33. The highest BCUT2D eigenvalue weighted by Gasteiger charge is 2.36. The van der Waals surface area contributed by atoms with Gasteiger partial charge in [-0.2, -0.15) is 0 Å². The predicted molar refractivity (Wildman–Crippen MR) is 102 cm³/mol. The molecule has 4 N–H and O–H groups in total. The number of phenolic OH excluding ortho intramolecular Hbond substituents is 4. The number of benzene rings is 3. The van der Waals surface area contributed by atoms with Gasteiger partial charge in [-0.1, -0.05) is 12.1 Å². The Balaban J connectivity index is 1.68. The molecule has 148 valence electrons. The van der Waals surface area contributed by atoms with Crippen molar-refractivity contribution >= 4 is 5.97 Å². The van der Waals surface area contributed by atoms with Gasteiger partial charge < -0.3 is 29.9 Å². The summed E-state index contributed by atoms with van der Waals surface area (Å²) in [4.78, 5) is 12.6. The number of phenols is 4. The number of carbonyl (C=O) groups excluding carboxylic acids is 1. The maximum Gasteiger partial charge on any atom is 0.338 e. The third-order valence-electron chi connectivity index (χ3n) is 4.75. The zero-order valence-electron chi connectivity index (χ0n) is 15.1. The van der Waals surface area contributed by atoms with Gasteiger partial charge in [0.25, 0.3) is 0 Å². The van der Waals surface area contributed by atoms with E-state index in [0.29, 0.717) is 11.1 Å². The van der Waals surface area contributed by atoms with Crippen molar-refractivity contribution in [2.75, 3.05) is 0 Å². The number of carbonyl (C=O) groups is 1. The minimum Gasteiger partial charge on any atom is -0.508 e. The Morgan fingerprint density at radius 2 is 1.48 bits per heavy atom. The molecular formula is C22H18O7. The number of hydrogen-bond acceptors (Lipinski definition) is 7. The molecule has 0 saturated heterocycles. The SMILES string of the molecule is O=C(O[C@H]1Cc2c(O)cc(O)cc2O[C@@H]1c1ccc(O)cc1)c1ccc(O)cc1. The third-order valence-corrected chi connectivity index (χ3v) is 4.75. The van der Waals surface area contributed by atoms with E-state index in [-0.39, 0.29) is 40.7 Å². The van der Waals surface area contributed by atoms with Crippen LogP contribution in [0.25, 0.3) is 0 Å². The molecule has 7 nitrogen and oxygen atoms in total. The molecule has 7 heteroatoms. The summed E-state index contributed by atoms with van der Waals surface area (Å²) in [5.74, 6) is -0.511. The molecule has 4 rings (SSSR count). The largest absolute Gasteiger partial charge is 0.508 e. The zero-order valence-corrected chi connectivity index (χ0v) is 15.1. The number of hydrogen-bond donors (Lipinski definition) is 4. The van der Waals surface area contributed by atoms with Crippen molar-refractivity contribution < 1.29 is 34.7 Å². The maximum atomic E-state index is 12.6. The number of esters is 1. The van der Waals surface area contributed by atoms with Gasteiger partial charge in [0, 0.05) is 24.1 Å². The standard InChI is InChI=1S/C22H18O7/c23-14-5-1-12(2-6-14)21-20(29-22(27)13-3-7-15(24)8-4-13)11-17-18(26)9-16(25)10-19(17)28-21/h1-10,20-21,23-26H,11H2/t20-,21+/m0/s1. The highest BCUT2D eigenvalue weighted by molar-refractivity contribution is 5.89. The van der Waals surface area contributed by atoms with Crippen molar-refractivity contribution in [1.82, 2.24) is 0 Å². The lowest BCUT2D eigenvalue weighted by molar-refractivity contribution is -0.0188. The Morgan fingerprint density at radius 1 is 0.862 bits per heavy atom. The molecule has 3 aromatic carbocycles. The zero-order chi connectivity index (χ0) is 20.5. The second-order valence-corrected chi connectivity index (χ2v) is 6.77. The molecule has 0 bridgehead atoms. The van der Waals surface area contributed by atoms with Gasteiger partial charge in [-0.25, -0.2) is 4.79 Å². The fourth-order valence-corrected chi connectivity index (χ4v) is 3.30. The van der Waals surface area contributed by atoms with Crippen LogP contribution < -0.4 is 4.74 Å². The van der Waals surface area contributed by atoms with Crippen LogP contribution in [-0.4, -0.2) is 32.5 Å². The van der Waals surface area contributed by atoms with Gasteiger partial charge in [0.05, 0.1) is 5.56 Å². The van der Waals surface area contributed by atoms with E-state index in [1.54, 1.807) is 12.1 Å². The molecule has 0 saturated carbocycles. The molecule has 2 atom stereocenters. The molecule has 1 aliphatic rings. The Hall–Kier alpha value is -3.87. The maximum absolute atomic E-state index is 12.6. The third kappa shape index (κ3) is 3.75. The highest BCUT2D eigenvalue weighted by Crippen LogP contribution is 2.43. The summed E-state index contributed by atoms with van der Waals surface area (Å²) < 4.78 is 11.6. The molecule has 0 amide bonds. The first-order valence-corrected chi connectivity index (χ1v) is 8.91. The molecule has 0 aliphatic carbocycles. The second-order valence-electron chi connectivity index (χ2n) is 6.77. The van der Waals surface area contributed by atoms with Crippen LogP contribution in [0.1, 0.15) is 27.6 Å². The minimum atomic E-state index is -0.774. The molecule has 0 unspecified atom stereocenters. The number of fused-ring (bicyclic) bond motifs is 1. The number of ether oxygens (including phenoxy) is 2. The van der Waals surface area contributed by atoms with Crippen molar-refractivity contribution in [2.24, 2.45) is 0 Å². The van der Waals surface area contributed by atoms with Crippen molar-refractivity contribution in [3.63, 3.8) is 0 Å². The van der Waals surface area contributed by atoms with Crippen LogP contribution >= 0.6 is 0 Å². The van der Waals surface area contributed by atoms with E-state index < -0.39 is 18.2 Å². The van der Waals surface area contributed by atoms with E-state index in [1.165, 1.54) is 48.5 Å². The van der Waals surface area contributed by atoms with Crippen molar-refractivity contribution in [3.8, 4) is 28.7 Å². The summed E-state index contributed by atoms with van der Waals surface area (Å²) in [6, 6.07) is 14.5. The minimum absolute atomic E-state index is 0.0307. The van der Waals surface area contributed by atoms with E-state index in [0.717, 1.165) is 0 Å². The molecule has 0 spiro atoms. The molecule has 1 heterocycles. The van der Waals surface area contributed by atoms with Crippen LogP contribution in [0.3, 0.4) is 0 Å². The van der Waals surface area contributed by atoms with E-state index in [9.17, 15) is 25.2 Å². The van der Waals surface area contributed by atoms with Gasteiger partial charge in [0.15, 0.2) is 6.10 Å². The topological polar surface area (TPSA) is 116 Å². The fraction of sp³-hybridized carbons (Fsp3) is 0.136. The van der Waals surface area contributed by atoms with Crippen molar-refractivity contribution in [2.45, 2.75) is 18.6 Å². The summed E-state index contributed by atoms with van der Waals surface area (Å²) >= 11 is 0. The molecule has 3 aromatic rings. The first kappa shape index (κ1) is 18.5. The van der Waals surface area contributed by atoms with E-state index in [1.807, 2.05) is 0 Å². The van der Waals surface area contributed by atoms with Crippen molar-refractivity contribution in [1.29, 1.82) is 0 Å². The first-order chi connectivity index (χ1) is 13.9. The van der Waals surface area contributed by atoms with Gasteiger partial charge in [0.2, 0.25) is 0 Å². The smallest absolute Gasteiger partial charge is 0.338 e. The fourth-order valence-electron chi connectivity index (χ4n) is 3.30. The van der Waals surface area contributed by atoms with Crippen LogP contribution in [0.2, 0.25) is 0 Å². The Morgan fingerprint density at radius 3 is 2.14 bits per heavy atom. The average molecular weight is 394 g/mol. The molecular weight excluding hydrogens is 376 g/mol. The Bertz CT molecular complexity index is 1040. The Labute approximate surface area is 166 Å². The molecule has 1 aliphatic heterocycles.